The summed E-state index contributed by atoms with van der Waals surface area (Å²) in [6.45, 7) is 6.11. The first kappa shape index (κ1) is 16.9. The normalized spacial score (nSPS) is 13.9. The zero-order valence-electron chi connectivity index (χ0n) is 11.9. The van der Waals surface area contributed by atoms with Crippen molar-refractivity contribution in [3.05, 3.63) is 0 Å². The summed E-state index contributed by atoms with van der Waals surface area (Å²) in [6, 6.07) is -0.226. The van der Waals surface area contributed by atoms with E-state index in [1.54, 1.807) is 0 Å². The number of rotatable bonds is 10. The molecule has 106 valence electrons. The lowest BCUT2D eigenvalue weighted by atomic mass is 9.97. The van der Waals surface area contributed by atoms with Crippen LogP contribution in [0, 0.1) is 5.92 Å². The van der Waals surface area contributed by atoms with Gasteiger partial charge < -0.3 is 10.4 Å². The lowest BCUT2D eigenvalue weighted by Crippen LogP contribution is -2.40. The molecule has 4 heteroatoms. The van der Waals surface area contributed by atoms with Gasteiger partial charge in [0.25, 0.3) is 0 Å². The van der Waals surface area contributed by atoms with Crippen LogP contribution < -0.4 is 5.32 Å². The molecule has 1 amide bonds. The summed E-state index contributed by atoms with van der Waals surface area (Å²) in [5.74, 6) is -0.806. The maximum Gasteiger partial charge on any atom is 0.305 e. The molecule has 0 saturated carbocycles. The molecule has 2 unspecified atom stereocenters. The van der Waals surface area contributed by atoms with Crippen LogP contribution in [-0.2, 0) is 9.59 Å². The number of carboxylic acids is 1. The second-order valence-corrected chi connectivity index (χ2v) is 4.84. The van der Waals surface area contributed by atoms with Crippen LogP contribution in [0.25, 0.3) is 0 Å². The van der Waals surface area contributed by atoms with Crippen LogP contribution in [0.1, 0.15) is 65.7 Å². The lowest BCUT2D eigenvalue weighted by molar-refractivity contribution is -0.137. The molecule has 0 spiro atoms. The van der Waals surface area contributed by atoms with Gasteiger partial charge in [-0.05, 0) is 19.3 Å². The second kappa shape index (κ2) is 9.92. The molecular formula is C14H27NO3. The quantitative estimate of drug-likeness (QED) is 0.632. The average Bonchev–Trinajstić information content (AvgIpc) is 2.29. The molecule has 0 saturated heterocycles. The van der Waals surface area contributed by atoms with Gasteiger partial charge in [-0.15, -0.1) is 0 Å². The first-order valence-corrected chi connectivity index (χ1v) is 7.07. The zero-order chi connectivity index (χ0) is 14.0. The monoisotopic (exact) mass is 257 g/mol. The molecule has 2 atom stereocenters. The molecule has 0 aliphatic carbocycles. The second-order valence-electron chi connectivity index (χ2n) is 4.84. The van der Waals surface area contributed by atoms with Crippen LogP contribution in [0.4, 0.5) is 0 Å². The van der Waals surface area contributed by atoms with Gasteiger partial charge in [0, 0.05) is 12.0 Å². The van der Waals surface area contributed by atoms with Crippen LogP contribution in [0.5, 0.6) is 0 Å². The van der Waals surface area contributed by atoms with Crippen LogP contribution in [-0.4, -0.2) is 23.0 Å². The summed E-state index contributed by atoms with van der Waals surface area (Å²) in [5.41, 5.74) is 0. The van der Waals surface area contributed by atoms with Crippen LogP contribution in [0.15, 0.2) is 0 Å². The Kier molecular flexibility index (Phi) is 9.33. The molecule has 0 aromatic carbocycles. The van der Waals surface area contributed by atoms with E-state index >= 15 is 0 Å². The van der Waals surface area contributed by atoms with Gasteiger partial charge in [-0.2, -0.15) is 0 Å². The van der Waals surface area contributed by atoms with Crippen LogP contribution >= 0.6 is 0 Å². The third kappa shape index (κ3) is 7.30. The summed E-state index contributed by atoms with van der Waals surface area (Å²) < 4.78 is 0. The number of carboxylic acid groups (broad SMARTS) is 1. The number of hydrogen-bond acceptors (Lipinski definition) is 2. The van der Waals surface area contributed by atoms with E-state index in [9.17, 15) is 9.59 Å². The van der Waals surface area contributed by atoms with E-state index in [1.165, 1.54) is 0 Å². The Hall–Kier alpha value is -1.06. The van der Waals surface area contributed by atoms with Gasteiger partial charge >= 0.3 is 5.97 Å². The molecule has 0 aromatic rings. The van der Waals surface area contributed by atoms with Crippen molar-refractivity contribution in [2.24, 2.45) is 5.92 Å². The number of aliphatic carboxylic acids is 1. The number of nitrogens with one attached hydrogen (secondary N) is 1. The molecular weight excluding hydrogens is 230 g/mol. The highest BCUT2D eigenvalue weighted by Crippen LogP contribution is 2.14. The number of carbonyl (C=O) groups is 2. The van der Waals surface area contributed by atoms with E-state index in [2.05, 4.69) is 12.2 Å². The first-order valence-electron chi connectivity index (χ1n) is 7.07. The van der Waals surface area contributed by atoms with Crippen molar-refractivity contribution in [2.75, 3.05) is 0 Å². The molecule has 18 heavy (non-hydrogen) atoms. The summed E-state index contributed by atoms with van der Waals surface area (Å²) in [7, 11) is 0. The highest BCUT2D eigenvalue weighted by molar-refractivity contribution is 5.79. The molecule has 2 N–H and O–H groups in total. The maximum atomic E-state index is 12.0. The van der Waals surface area contributed by atoms with Crippen molar-refractivity contribution in [3.63, 3.8) is 0 Å². The van der Waals surface area contributed by atoms with Crippen molar-refractivity contribution in [3.8, 4) is 0 Å². The highest BCUT2D eigenvalue weighted by Gasteiger charge is 2.20. The molecule has 0 aliphatic heterocycles. The molecule has 0 rings (SSSR count). The van der Waals surface area contributed by atoms with E-state index < -0.39 is 5.97 Å². The SMILES string of the molecule is CCCCC(CC)C(=O)NC(CCC)CC(=O)O. The minimum Gasteiger partial charge on any atom is -0.481 e. The van der Waals surface area contributed by atoms with E-state index in [1.807, 2.05) is 13.8 Å². The molecule has 0 aromatic heterocycles. The zero-order valence-corrected chi connectivity index (χ0v) is 11.9. The minimum absolute atomic E-state index is 0.0177. The molecule has 4 nitrogen and oxygen atoms in total. The maximum absolute atomic E-state index is 12.0. The molecule has 0 radical (unpaired) electrons. The van der Waals surface area contributed by atoms with Gasteiger partial charge in [0.15, 0.2) is 0 Å². The van der Waals surface area contributed by atoms with Gasteiger partial charge in [0.2, 0.25) is 5.91 Å². The molecule has 0 fully saturated rings. The molecule has 0 aliphatic rings. The van der Waals surface area contributed by atoms with Gasteiger partial charge in [-0.25, -0.2) is 0 Å². The summed E-state index contributed by atoms with van der Waals surface area (Å²) in [6.07, 6.45) is 5.46. The van der Waals surface area contributed by atoms with E-state index in [4.69, 9.17) is 5.11 Å². The fourth-order valence-corrected chi connectivity index (χ4v) is 2.07. The number of unbranched alkanes of at least 4 members (excludes halogenated alkanes) is 1. The van der Waals surface area contributed by atoms with Gasteiger partial charge in [0.1, 0.15) is 0 Å². The van der Waals surface area contributed by atoms with Crippen molar-refractivity contribution < 1.29 is 14.7 Å². The minimum atomic E-state index is -0.852. The fraction of sp³-hybridized carbons (Fsp3) is 0.857. The number of amides is 1. The average molecular weight is 257 g/mol. The topological polar surface area (TPSA) is 66.4 Å². The Balaban J connectivity index is 4.31. The molecule has 0 bridgehead atoms. The van der Waals surface area contributed by atoms with Gasteiger partial charge in [-0.3, -0.25) is 9.59 Å². The standard InChI is InChI=1S/C14H27NO3/c1-4-7-9-11(6-3)14(18)15-12(8-5-2)10-13(16)17/h11-12H,4-10H2,1-3H3,(H,15,18)(H,16,17). The van der Waals surface area contributed by atoms with Gasteiger partial charge in [-0.1, -0.05) is 40.0 Å². The predicted octanol–water partition coefficient (Wildman–Crippen LogP) is 2.96. The third-order valence-electron chi connectivity index (χ3n) is 3.17. The van der Waals surface area contributed by atoms with Crippen molar-refractivity contribution >= 4 is 11.9 Å². The fourth-order valence-electron chi connectivity index (χ4n) is 2.07. The van der Waals surface area contributed by atoms with Crippen LogP contribution in [0.2, 0.25) is 0 Å². The van der Waals surface area contributed by atoms with Crippen molar-refractivity contribution in [1.82, 2.24) is 5.32 Å². The Morgan fingerprint density at radius 3 is 2.22 bits per heavy atom. The van der Waals surface area contributed by atoms with Crippen molar-refractivity contribution in [1.29, 1.82) is 0 Å². The number of carbonyl (C=O) groups excluding carboxylic acids is 1. The Labute approximate surface area is 110 Å². The van der Waals surface area contributed by atoms with E-state index in [0.29, 0.717) is 0 Å². The third-order valence-corrected chi connectivity index (χ3v) is 3.17. The Bertz CT molecular complexity index is 253. The number of hydrogen-bond donors (Lipinski definition) is 2. The highest BCUT2D eigenvalue weighted by atomic mass is 16.4. The summed E-state index contributed by atoms with van der Waals surface area (Å²) in [4.78, 5) is 22.8. The summed E-state index contributed by atoms with van der Waals surface area (Å²) in [5, 5.41) is 11.7. The molecule has 0 heterocycles. The Morgan fingerprint density at radius 1 is 1.11 bits per heavy atom. The lowest BCUT2D eigenvalue weighted by Gasteiger charge is -2.20. The van der Waals surface area contributed by atoms with E-state index in [-0.39, 0.29) is 24.3 Å². The summed E-state index contributed by atoms with van der Waals surface area (Å²) >= 11 is 0. The van der Waals surface area contributed by atoms with Crippen molar-refractivity contribution in [2.45, 2.75) is 71.8 Å². The predicted molar refractivity (Wildman–Crippen MR) is 72.4 cm³/mol. The smallest absolute Gasteiger partial charge is 0.305 e. The van der Waals surface area contributed by atoms with Crippen LogP contribution in [0.3, 0.4) is 0 Å². The van der Waals surface area contributed by atoms with Gasteiger partial charge in [0.05, 0.1) is 6.42 Å². The largest absolute Gasteiger partial charge is 0.481 e. The Morgan fingerprint density at radius 2 is 1.78 bits per heavy atom. The first-order chi connectivity index (χ1) is 8.54. The van der Waals surface area contributed by atoms with E-state index in [0.717, 1.165) is 38.5 Å².